The van der Waals surface area contributed by atoms with Gasteiger partial charge in [-0.15, -0.1) is 0 Å². The van der Waals surface area contributed by atoms with E-state index in [0.717, 1.165) is 75.3 Å². The first-order chi connectivity index (χ1) is 23.3. The number of carbonyl (C=O) groups excluding carboxylic acids is 2. The molecule has 2 aromatic carbocycles. The number of nitrogens with zero attached hydrogens (tertiary/aromatic N) is 5. The number of halogens is 1. The molecule has 1 aromatic heterocycles. The van der Waals surface area contributed by atoms with Gasteiger partial charge in [0.1, 0.15) is 23.1 Å². The minimum Gasteiger partial charge on any atom is -0.388 e. The summed E-state index contributed by atoms with van der Waals surface area (Å²) in [5.41, 5.74) is 3.81. The van der Waals surface area contributed by atoms with Crippen LogP contribution in [0.4, 0.5) is 16.4 Å². The van der Waals surface area contributed by atoms with Crippen LogP contribution in [-0.4, -0.2) is 99.3 Å². The van der Waals surface area contributed by atoms with Crippen molar-refractivity contribution in [3.63, 3.8) is 0 Å². The molecule has 0 saturated carbocycles. The highest BCUT2D eigenvalue weighted by Crippen LogP contribution is 2.32. The number of hydrogen-bond donors (Lipinski definition) is 4. The normalized spacial score (nSPS) is 17.0. The highest BCUT2D eigenvalue weighted by atomic mass is 35.5. The SMILES string of the molecule is CNC(=O)N(CCC=O)C(=N)c1ccc(C2CCN(Cc3ccc(S(=O)N4CCC(Nc5ncc(Cl)cn5)CC4)cc3)CC2)cc1NC. The Morgan fingerprint density at radius 3 is 2.35 bits per heavy atom. The van der Waals surface area contributed by atoms with Crippen LogP contribution in [0.5, 0.6) is 0 Å². The number of nitrogens with one attached hydrogen (secondary N) is 4. The summed E-state index contributed by atoms with van der Waals surface area (Å²) in [4.78, 5) is 36.3. The van der Waals surface area contributed by atoms with Gasteiger partial charge in [0, 0.05) is 64.0 Å². The van der Waals surface area contributed by atoms with Crippen molar-refractivity contribution in [2.45, 2.75) is 55.5 Å². The van der Waals surface area contributed by atoms with E-state index < -0.39 is 17.0 Å². The molecule has 1 atom stereocenters. The Morgan fingerprint density at radius 2 is 1.73 bits per heavy atom. The summed E-state index contributed by atoms with van der Waals surface area (Å²) in [7, 11) is 2.13. The van der Waals surface area contributed by atoms with Crippen molar-refractivity contribution in [3.8, 4) is 0 Å². The van der Waals surface area contributed by atoms with Gasteiger partial charge in [0.15, 0.2) is 0 Å². The molecular weight excluding hydrogens is 650 g/mol. The number of carbonyl (C=O) groups is 2. The minimum atomic E-state index is -1.20. The Hall–Kier alpha value is -3.91. The molecule has 14 heteroatoms. The first-order valence-electron chi connectivity index (χ1n) is 16.3. The zero-order valence-corrected chi connectivity index (χ0v) is 29.0. The summed E-state index contributed by atoms with van der Waals surface area (Å²) in [6, 6.07) is 14.0. The number of anilines is 2. The van der Waals surface area contributed by atoms with Crippen molar-refractivity contribution < 1.29 is 13.8 Å². The molecule has 0 spiro atoms. The molecule has 2 aliphatic heterocycles. The van der Waals surface area contributed by atoms with Gasteiger partial charge in [0.25, 0.3) is 0 Å². The molecule has 0 aliphatic carbocycles. The van der Waals surface area contributed by atoms with Crippen LogP contribution in [0, 0.1) is 5.41 Å². The zero-order valence-electron chi connectivity index (χ0n) is 27.5. The second-order valence-corrected chi connectivity index (χ2v) is 14.0. The van der Waals surface area contributed by atoms with Gasteiger partial charge < -0.3 is 20.7 Å². The lowest BCUT2D eigenvalue weighted by atomic mass is 9.88. The van der Waals surface area contributed by atoms with Gasteiger partial charge in [0.2, 0.25) is 5.95 Å². The summed E-state index contributed by atoms with van der Waals surface area (Å²) < 4.78 is 15.3. The van der Waals surface area contributed by atoms with Crippen LogP contribution in [0.25, 0.3) is 0 Å². The lowest BCUT2D eigenvalue weighted by Crippen LogP contribution is -2.43. The van der Waals surface area contributed by atoms with E-state index in [9.17, 15) is 13.8 Å². The van der Waals surface area contributed by atoms with Crippen molar-refractivity contribution in [1.82, 2.24) is 29.4 Å². The summed E-state index contributed by atoms with van der Waals surface area (Å²) in [5.74, 6) is 1.01. The fourth-order valence-electron chi connectivity index (χ4n) is 6.28. The largest absolute Gasteiger partial charge is 0.388 e. The quantitative estimate of drug-likeness (QED) is 0.121. The number of aldehydes is 1. The zero-order chi connectivity index (χ0) is 34.0. The highest BCUT2D eigenvalue weighted by Gasteiger charge is 2.26. The maximum absolute atomic E-state index is 13.3. The third-order valence-electron chi connectivity index (χ3n) is 9.00. The molecule has 12 nitrogen and oxygen atoms in total. The van der Waals surface area contributed by atoms with Crippen LogP contribution >= 0.6 is 11.6 Å². The molecule has 48 heavy (non-hydrogen) atoms. The van der Waals surface area contributed by atoms with Crippen molar-refractivity contribution in [2.24, 2.45) is 0 Å². The predicted octanol–water partition coefficient (Wildman–Crippen LogP) is 4.71. The summed E-state index contributed by atoms with van der Waals surface area (Å²) in [5, 5.41) is 18.3. The summed E-state index contributed by atoms with van der Waals surface area (Å²) >= 11 is 5.88. The fourth-order valence-corrected chi connectivity index (χ4v) is 7.59. The number of amidine groups is 1. The minimum absolute atomic E-state index is 0.0550. The molecule has 2 fully saturated rings. The maximum atomic E-state index is 13.3. The molecule has 3 aromatic rings. The standard InChI is InChI=1S/C34H44ClN9O3S/c1-37-31-20-26(6-9-30(31)32(36)44(14-3-19-45)34(46)38-2)25-10-15-42(16-11-25)23-24-4-7-29(8-5-24)48(47)43-17-12-28(13-18-43)41-33-39-21-27(35)22-40-33/h4-9,19-22,25,28,36-37H,3,10-18,23H2,1-2H3,(H,38,46)(H,39,40,41). The molecule has 5 rings (SSSR count). The molecular formula is C34H44ClN9O3S. The number of rotatable bonds is 12. The first kappa shape index (κ1) is 35.4. The van der Waals surface area contributed by atoms with Crippen LogP contribution in [-0.2, 0) is 22.3 Å². The molecule has 1 unspecified atom stereocenters. The van der Waals surface area contributed by atoms with Gasteiger partial charge in [0.05, 0.1) is 22.3 Å². The Labute approximate surface area is 289 Å². The third kappa shape index (κ3) is 8.95. The molecule has 0 radical (unpaired) electrons. The lowest BCUT2D eigenvalue weighted by Gasteiger charge is -2.33. The van der Waals surface area contributed by atoms with E-state index in [0.29, 0.717) is 22.5 Å². The second-order valence-electron chi connectivity index (χ2n) is 12.1. The number of aromatic nitrogens is 2. The van der Waals surface area contributed by atoms with E-state index in [4.69, 9.17) is 17.0 Å². The average molecular weight is 694 g/mol. The number of likely N-dealkylation sites (tertiary alicyclic amines) is 1. The number of amides is 2. The monoisotopic (exact) mass is 693 g/mol. The molecule has 3 heterocycles. The smallest absolute Gasteiger partial charge is 0.322 e. The van der Waals surface area contributed by atoms with Gasteiger partial charge in [-0.2, -0.15) is 0 Å². The molecule has 2 aliphatic rings. The molecule has 0 bridgehead atoms. The Balaban J connectivity index is 1.10. The van der Waals surface area contributed by atoms with Gasteiger partial charge in [-0.05, 0) is 80.1 Å². The van der Waals surface area contributed by atoms with Gasteiger partial charge in [-0.1, -0.05) is 29.8 Å². The second kappa shape index (κ2) is 17.0. The fraction of sp³-hybridized carbons (Fsp3) is 0.441. The maximum Gasteiger partial charge on any atom is 0.322 e. The number of piperidine rings is 2. The van der Waals surface area contributed by atoms with Gasteiger partial charge >= 0.3 is 6.03 Å². The van der Waals surface area contributed by atoms with Crippen molar-refractivity contribution in [1.29, 1.82) is 5.41 Å². The molecule has 2 amide bonds. The third-order valence-corrected chi connectivity index (χ3v) is 10.7. The van der Waals surface area contributed by atoms with E-state index in [2.05, 4.69) is 55.1 Å². The highest BCUT2D eigenvalue weighted by molar-refractivity contribution is 7.82. The topological polar surface area (TPSA) is 147 Å². The lowest BCUT2D eigenvalue weighted by molar-refractivity contribution is -0.107. The van der Waals surface area contributed by atoms with Crippen molar-refractivity contribution in [3.05, 3.63) is 76.6 Å². The van der Waals surface area contributed by atoms with E-state index >= 15 is 0 Å². The van der Waals surface area contributed by atoms with Crippen LogP contribution in [0.15, 0.2) is 59.8 Å². The van der Waals surface area contributed by atoms with Crippen LogP contribution in [0.2, 0.25) is 5.02 Å². The summed E-state index contributed by atoms with van der Waals surface area (Å²) in [6.45, 7) is 4.37. The Bertz CT molecular complexity index is 1580. The molecule has 2 saturated heterocycles. The van der Waals surface area contributed by atoms with Gasteiger partial charge in [-0.3, -0.25) is 15.2 Å². The van der Waals surface area contributed by atoms with Crippen molar-refractivity contribution >= 4 is 52.4 Å². The van der Waals surface area contributed by atoms with E-state index in [1.807, 2.05) is 29.6 Å². The predicted molar refractivity (Wildman–Crippen MR) is 190 cm³/mol. The molecule has 4 N–H and O–H groups in total. The van der Waals surface area contributed by atoms with Crippen molar-refractivity contribution in [2.75, 3.05) is 57.5 Å². The van der Waals surface area contributed by atoms with Crippen LogP contribution in [0.3, 0.4) is 0 Å². The van der Waals surface area contributed by atoms with Gasteiger partial charge in [-0.25, -0.2) is 23.3 Å². The average Bonchev–Trinajstić information content (AvgIpc) is 3.13. The van der Waals surface area contributed by atoms with E-state index in [1.54, 1.807) is 12.4 Å². The molecule has 256 valence electrons. The van der Waals surface area contributed by atoms with Crippen LogP contribution in [0.1, 0.15) is 54.7 Å². The Morgan fingerprint density at radius 1 is 1.04 bits per heavy atom. The number of hydrogen-bond acceptors (Lipinski definition) is 9. The summed E-state index contributed by atoms with van der Waals surface area (Å²) in [6.07, 6.45) is 7.81. The number of urea groups is 1. The van der Waals surface area contributed by atoms with E-state index in [1.165, 1.54) is 23.1 Å². The Kier molecular flexibility index (Phi) is 12.5. The first-order valence-corrected chi connectivity index (χ1v) is 17.8. The number of benzene rings is 2. The van der Waals surface area contributed by atoms with Crippen LogP contribution < -0.4 is 16.0 Å². The van der Waals surface area contributed by atoms with E-state index in [-0.39, 0.29) is 24.8 Å².